The lowest BCUT2D eigenvalue weighted by Gasteiger charge is -2.08. The number of halogens is 2. The highest BCUT2D eigenvalue weighted by Crippen LogP contribution is 2.14. The molecule has 4 nitrogen and oxygen atoms in total. The molecule has 1 aromatic rings. The van der Waals surface area contributed by atoms with Crippen molar-refractivity contribution in [2.24, 2.45) is 0 Å². The van der Waals surface area contributed by atoms with Crippen molar-refractivity contribution in [3.05, 3.63) is 29.8 Å². The Kier molecular flexibility index (Phi) is 6.17. The van der Waals surface area contributed by atoms with Gasteiger partial charge in [0.2, 0.25) is 10.0 Å². The number of hydrogen-bond acceptors (Lipinski definition) is 3. The van der Waals surface area contributed by atoms with Crippen LogP contribution in [0.25, 0.3) is 0 Å². The molecule has 19 heavy (non-hydrogen) atoms. The normalized spacial score (nSPS) is 11.5. The van der Waals surface area contributed by atoms with Crippen LogP contribution in [0.15, 0.2) is 18.2 Å². The average Bonchev–Trinajstić information content (AvgIpc) is 2.26. The first-order valence-electron chi connectivity index (χ1n) is 6.10. The van der Waals surface area contributed by atoms with Crippen molar-refractivity contribution < 1.29 is 17.2 Å². The molecule has 0 aliphatic carbocycles. The quantitative estimate of drug-likeness (QED) is 0.721. The van der Waals surface area contributed by atoms with E-state index in [-0.39, 0.29) is 11.4 Å². The Morgan fingerprint density at radius 3 is 2.32 bits per heavy atom. The van der Waals surface area contributed by atoms with Gasteiger partial charge in [-0.25, -0.2) is 17.2 Å². The second-order valence-electron chi connectivity index (χ2n) is 4.14. The monoisotopic (exact) mass is 292 g/mol. The standard InChI is InChI=1S/C12H18F2N2O2S/c1-2-15-5-3-4-6-19(17,18)16-12-8-10(13)7-11(14)9-12/h7-9,15-16H,2-6H2,1H3. The molecule has 7 heteroatoms. The van der Waals surface area contributed by atoms with Crippen LogP contribution < -0.4 is 10.0 Å². The number of sulfonamides is 1. The van der Waals surface area contributed by atoms with Gasteiger partial charge in [0.25, 0.3) is 0 Å². The summed E-state index contributed by atoms with van der Waals surface area (Å²) in [6.45, 7) is 3.56. The molecule has 0 saturated heterocycles. The molecule has 1 rings (SSSR count). The molecule has 0 aromatic heterocycles. The van der Waals surface area contributed by atoms with Crippen molar-refractivity contribution in [2.45, 2.75) is 19.8 Å². The molecule has 0 heterocycles. The summed E-state index contributed by atoms with van der Waals surface area (Å²) < 4.78 is 51.3. The van der Waals surface area contributed by atoms with Gasteiger partial charge in [-0.15, -0.1) is 0 Å². The highest BCUT2D eigenvalue weighted by atomic mass is 32.2. The molecule has 0 aliphatic heterocycles. The van der Waals surface area contributed by atoms with Gasteiger partial charge in [0, 0.05) is 6.07 Å². The van der Waals surface area contributed by atoms with Gasteiger partial charge in [0.15, 0.2) is 0 Å². The molecule has 0 aliphatic rings. The topological polar surface area (TPSA) is 58.2 Å². The van der Waals surface area contributed by atoms with Gasteiger partial charge in [0.05, 0.1) is 11.4 Å². The largest absolute Gasteiger partial charge is 0.317 e. The maximum atomic E-state index is 12.9. The highest BCUT2D eigenvalue weighted by molar-refractivity contribution is 7.92. The summed E-state index contributed by atoms with van der Waals surface area (Å²) in [5, 5.41) is 3.08. The van der Waals surface area contributed by atoms with Crippen molar-refractivity contribution in [3.8, 4) is 0 Å². The van der Waals surface area contributed by atoms with E-state index < -0.39 is 21.7 Å². The third-order valence-electron chi connectivity index (χ3n) is 2.40. The van der Waals surface area contributed by atoms with E-state index in [1.54, 1.807) is 0 Å². The second-order valence-corrected chi connectivity index (χ2v) is 5.98. The first-order valence-corrected chi connectivity index (χ1v) is 7.75. The molecule has 0 fully saturated rings. The van der Waals surface area contributed by atoms with E-state index in [4.69, 9.17) is 0 Å². The van der Waals surface area contributed by atoms with Crippen LogP contribution in [0.2, 0.25) is 0 Å². The summed E-state index contributed by atoms with van der Waals surface area (Å²) in [6, 6.07) is 2.58. The Hall–Kier alpha value is -1.21. The SMILES string of the molecule is CCNCCCCS(=O)(=O)Nc1cc(F)cc(F)c1. The fourth-order valence-electron chi connectivity index (χ4n) is 1.56. The van der Waals surface area contributed by atoms with Gasteiger partial charge in [-0.3, -0.25) is 4.72 Å². The lowest BCUT2D eigenvalue weighted by Crippen LogP contribution is -2.19. The first kappa shape index (κ1) is 15.8. The van der Waals surface area contributed by atoms with E-state index in [2.05, 4.69) is 10.0 Å². The van der Waals surface area contributed by atoms with Crippen molar-refractivity contribution >= 4 is 15.7 Å². The van der Waals surface area contributed by atoms with Gasteiger partial charge in [-0.2, -0.15) is 0 Å². The Bertz CT molecular complexity index is 486. The van der Waals surface area contributed by atoms with Gasteiger partial charge >= 0.3 is 0 Å². The maximum absolute atomic E-state index is 12.9. The average molecular weight is 292 g/mol. The summed E-state index contributed by atoms with van der Waals surface area (Å²) in [6.07, 6.45) is 1.21. The van der Waals surface area contributed by atoms with Crippen LogP contribution >= 0.6 is 0 Å². The zero-order valence-electron chi connectivity index (χ0n) is 10.7. The van der Waals surface area contributed by atoms with Crippen LogP contribution in [0.3, 0.4) is 0 Å². The molecule has 0 bridgehead atoms. The van der Waals surface area contributed by atoms with Gasteiger partial charge in [-0.1, -0.05) is 6.92 Å². The maximum Gasteiger partial charge on any atom is 0.232 e. The van der Waals surface area contributed by atoms with Crippen molar-refractivity contribution in [1.29, 1.82) is 0 Å². The van der Waals surface area contributed by atoms with Crippen molar-refractivity contribution in [1.82, 2.24) is 5.32 Å². The van der Waals surface area contributed by atoms with Crippen LogP contribution in [-0.2, 0) is 10.0 Å². The Morgan fingerprint density at radius 1 is 1.11 bits per heavy atom. The molecular weight excluding hydrogens is 274 g/mol. The van der Waals surface area contributed by atoms with Gasteiger partial charge < -0.3 is 5.32 Å². The second kappa shape index (κ2) is 7.40. The molecule has 0 unspecified atom stereocenters. The third-order valence-corrected chi connectivity index (χ3v) is 3.78. The molecule has 0 saturated carbocycles. The Morgan fingerprint density at radius 2 is 1.74 bits per heavy atom. The summed E-state index contributed by atoms with van der Waals surface area (Å²) >= 11 is 0. The summed E-state index contributed by atoms with van der Waals surface area (Å²) in [5.41, 5.74) is -0.0933. The van der Waals surface area contributed by atoms with Gasteiger partial charge in [-0.05, 0) is 38.1 Å². The molecule has 2 N–H and O–H groups in total. The molecule has 0 radical (unpaired) electrons. The molecule has 1 aromatic carbocycles. The zero-order valence-corrected chi connectivity index (χ0v) is 11.6. The summed E-state index contributed by atoms with van der Waals surface area (Å²) in [7, 11) is -3.57. The van der Waals surface area contributed by atoms with E-state index >= 15 is 0 Å². The van der Waals surface area contributed by atoms with E-state index in [9.17, 15) is 17.2 Å². The number of nitrogens with one attached hydrogen (secondary N) is 2. The fourth-order valence-corrected chi connectivity index (χ4v) is 2.73. The number of benzene rings is 1. The lowest BCUT2D eigenvalue weighted by atomic mass is 10.3. The third kappa shape index (κ3) is 6.49. The minimum atomic E-state index is -3.57. The molecular formula is C12H18F2N2O2S. The highest BCUT2D eigenvalue weighted by Gasteiger charge is 2.11. The fraction of sp³-hybridized carbons (Fsp3) is 0.500. The van der Waals surface area contributed by atoms with Gasteiger partial charge in [0.1, 0.15) is 11.6 Å². The Labute approximate surface area is 112 Å². The predicted molar refractivity (Wildman–Crippen MR) is 71.5 cm³/mol. The van der Waals surface area contributed by atoms with E-state index in [0.717, 1.165) is 31.6 Å². The van der Waals surface area contributed by atoms with Crippen molar-refractivity contribution in [3.63, 3.8) is 0 Å². The lowest BCUT2D eigenvalue weighted by molar-refractivity contribution is 0.583. The minimum absolute atomic E-state index is 0.0729. The number of anilines is 1. The molecule has 0 amide bonds. The molecule has 0 spiro atoms. The van der Waals surface area contributed by atoms with E-state index in [0.29, 0.717) is 12.5 Å². The van der Waals surface area contributed by atoms with Crippen LogP contribution in [0.1, 0.15) is 19.8 Å². The van der Waals surface area contributed by atoms with Crippen LogP contribution in [0.4, 0.5) is 14.5 Å². The number of hydrogen-bond donors (Lipinski definition) is 2. The molecule has 108 valence electrons. The first-order chi connectivity index (χ1) is 8.93. The minimum Gasteiger partial charge on any atom is -0.317 e. The molecule has 0 atom stereocenters. The smallest absolute Gasteiger partial charge is 0.232 e. The van der Waals surface area contributed by atoms with Crippen LogP contribution in [0, 0.1) is 11.6 Å². The number of rotatable bonds is 8. The van der Waals surface area contributed by atoms with Crippen molar-refractivity contribution in [2.75, 3.05) is 23.6 Å². The van der Waals surface area contributed by atoms with Crippen LogP contribution in [0.5, 0.6) is 0 Å². The van der Waals surface area contributed by atoms with Crippen LogP contribution in [-0.4, -0.2) is 27.3 Å². The Balaban J connectivity index is 2.49. The van der Waals surface area contributed by atoms with E-state index in [1.807, 2.05) is 6.92 Å². The number of unbranched alkanes of at least 4 members (excludes halogenated alkanes) is 1. The zero-order chi connectivity index (χ0) is 14.3. The summed E-state index contributed by atoms with van der Waals surface area (Å²) in [5.74, 6) is -1.70. The van der Waals surface area contributed by atoms with E-state index in [1.165, 1.54) is 0 Å². The predicted octanol–water partition coefficient (Wildman–Crippen LogP) is 2.10. The summed E-state index contributed by atoms with van der Waals surface area (Å²) in [4.78, 5) is 0.